The minimum absolute atomic E-state index is 0.173. The second-order valence-corrected chi connectivity index (χ2v) is 4.83. The first-order valence-corrected chi connectivity index (χ1v) is 6.49. The van der Waals surface area contributed by atoms with E-state index in [1.807, 2.05) is 17.6 Å². The number of rotatable bonds is 3. The predicted octanol–water partition coefficient (Wildman–Crippen LogP) is 2.52. The molecule has 5 nitrogen and oxygen atoms in total. The maximum Gasteiger partial charge on any atom is 0.201 e. The van der Waals surface area contributed by atoms with Crippen LogP contribution in [0, 0.1) is 12.7 Å². The molecule has 2 aromatic heterocycles. The number of hydrogen-bond donors (Lipinski definition) is 1. The molecule has 2 heterocycles. The Morgan fingerprint density at radius 2 is 2.19 bits per heavy atom. The van der Waals surface area contributed by atoms with Gasteiger partial charge in [-0.25, -0.2) is 9.37 Å². The molecule has 0 unspecified atom stereocenters. The Balaban J connectivity index is 2.14. The average molecular weight is 286 g/mol. The molecule has 0 radical (unpaired) electrons. The zero-order valence-corrected chi connectivity index (χ0v) is 11.8. The van der Waals surface area contributed by atoms with Gasteiger partial charge in [0.25, 0.3) is 0 Å². The summed E-state index contributed by atoms with van der Waals surface area (Å²) in [6.07, 6.45) is 3.54. The molecule has 108 valence electrons. The van der Waals surface area contributed by atoms with Crippen molar-refractivity contribution in [1.82, 2.24) is 14.5 Å². The van der Waals surface area contributed by atoms with Gasteiger partial charge in [-0.15, -0.1) is 0 Å². The van der Waals surface area contributed by atoms with Crippen molar-refractivity contribution < 1.29 is 9.13 Å². The molecule has 0 spiro atoms. The van der Waals surface area contributed by atoms with Crippen molar-refractivity contribution in [3.05, 3.63) is 47.5 Å². The SMILES string of the molecule is COc1cc2c(cc1F)nc(N)n2Cc1cnccc1C. The molecule has 0 saturated carbocycles. The third kappa shape index (κ3) is 2.29. The van der Waals surface area contributed by atoms with Crippen molar-refractivity contribution in [3.63, 3.8) is 0 Å². The number of benzene rings is 1. The van der Waals surface area contributed by atoms with E-state index in [-0.39, 0.29) is 5.75 Å². The number of nitrogens with zero attached hydrogens (tertiary/aromatic N) is 3. The van der Waals surface area contributed by atoms with E-state index >= 15 is 0 Å². The number of nitrogen functional groups attached to an aromatic ring is 1. The summed E-state index contributed by atoms with van der Waals surface area (Å²) in [6, 6.07) is 4.88. The number of ether oxygens (including phenoxy) is 1. The van der Waals surface area contributed by atoms with Crippen molar-refractivity contribution >= 4 is 17.0 Å². The van der Waals surface area contributed by atoms with Crippen LogP contribution in [0.2, 0.25) is 0 Å². The van der Waals surface area contributed by atoms with Crippen molar-refractivity contribution in [2.45, 2.75) is 13.5 Å². The number of imidazole rings is 1. The van der Waals surface area contributed by atoms with Crippen LogP contribution in [-0.4, -0.2) is 21.6 Å². The average Bonchev–Trinajstić information content (AvgIpc) is 2.75. The van der Waals surface area contributed by atoms with E-state index in [4.69, 9.17) is 10.5 Å². The standard InChI is InChI=1S/C15H15FN4O/c1-9-3-4-18-7-10(9)8-20-13-6-14(21-2)11(16)5-12(13)19-15(20)17/h3-7H,8H2,1-2H3,(H2,17,19). The lowest BCUT2D eigenvalue weighted by atomic mass is 10.1. The molecule has 0 fully saturated rings. The lowest BCUT2D eigenvalue weighted by molar-refractivity contribution is 0.387. The number of hydrogen-bond acceptors (Lipinski definition) is 4. The van der Waals surface area contributed by atoms with E-state index in [2.05, 4.69) is 9.97 Å². The van der Waals surface area contributed by atoms with Gasteiger partial charge in [0, 0.05) is 24.5 Å². The minimum Gasteiger partial charge on any atom is -0.494 e. The first kappa shape index (κ1) is 13.4. The van der Waals surface area contributed by atoms with Gasteiger partial charge in [0.2, 0.25) is 5.95 Å². The molecule has 0 aliphatic carbocycles. The Hall–Kier alpha value is -2.63. The van der Waals surface area contributed by atoms with Crippen LogP contribution in [0.4, 0.5) is 10.3 Å². The van der Waals surface area contributed by atoms with Gasteiger partial charge in [-0.05, 0) is 24.1 Å². The first-order valence-electron chi connectivity index (χ1n) is 6.49. The summed E-state index contributed by atoms with van der Waals surface area (Å²) < 4.78 is 20.6. The fourth-order valence-electron chi connectivity index (χ4n) is 2.30. The molecule has 0 bridgehead atoms. The minimum atomic E-state index is -0.452. The van der Waals surface area contributed by atoms with Crippen molar-refractivity contribution in [2.24, 2.45) is 0 Å². The lowest BCUT2D eigenvalue weighted by Gasteiger charge is -2.09. The van der Waals surface area contributed by atoms with Crippen LogP contribution in [0.25, 0.3) is 11.0 Å². The van der Waals surface area contributed by atoms with Crippen LogP contribution >= 0.6 is 0 Å². The van der Waals surface area contributed by atoms with Gasteiger partial charge in [0.1, 0.15) is 0 Å². The van der Waals surface area contributed by atoms with Crippen LogP contribution in [0.15, 0.2) is 30.6 Å². The summed E-state index contributed by atoms with van der Waals surface area (Å²) in [7, 11) is 1.43. The third-order valence-electron chi connectivity index (χ3n) is 3.53. The van der Waals surface area contributed by atoms with Crippen LogP contribution in [0.3, 0.4) is 0 Å². The molecule has 0 atom stereocenters. The van der Waals surface area contributed by atoms with E-state index < -0.39 is 5.82 Å². The van der Waals surface area contributed by atoms with Crippen LogP contribution in [-0.2, 0) is 6.54 Å². The number of pyridine rings is 1. The number of fused-ring (bicyclic) bond motifs is 1. The second-order valence-electron chi connectivity index (χ2n) is 4.83. The Morgan fingerprint density at radius 1 is 1.38 bits per heavy atom. The first-order chi connectivity index (χ1) is 10.1. The van der Waals surface area contributed by atoms with Crippen LogP contribution in [0.1, 0.15) is 11.1 Å². The highest BCUT2D eigenvalue weighted by molar-refractivity contribution is 5.80. The molecule has 21 heavy (non-hydrogen) atoms. The van der Waals surface area contributed by atoms with Crippen LogP contribution < -0.4 is 10.5 Å². The van der Waals surface area contributed by atoms with Gasteiger partial charge in [-0.2, -0.15) is 0 Å². The Kier molecular flexibility index (Phi) is 3.21. The predicted molar refractivity (Wildman–Crippen MR) is 78.7 cm³/mol. The molecule has 0 aliphatic rings. The smallest absolute Gasteiger partial charge is 0.201 e. The fourth-order valence-corrected chi connectivity index (χ4v) is 2.30. The van der Waals surface area contributed by atoms with Crippen molar-refractivity contribution in [1.29, 1.82) is 0 Å². The molecule has 3 rings (SSSR count). The monoisotopic (exact) mass is 286 g/mol. The highest BCUT2D eigenvalue weighted by Crippen LogP contribution is 2.27. The van der Waals surface area contributed by atoms with Gasteiger partial charge in [-0.3, -0.25) is 4.98 Å². The van der Waals surface area contributed by atoms with Gasteiger partial charge in [-0.1, -0.05) is 0 Å². The van der Waals surface area contributed by atoms with Gasteiger partial charge in [0.15, 0.2) is 11.6 Å². The highest BCUT2D eigenvalue weighted by Gasteiger charge is 2.14. The number of methoxy groups -OCH3 is 1. The number of aromatic nitrogens is 3. The number of aryl methyl sites for hydroxylation is 1. The highest BCUT2D eigenvalue weighted by atomic mass is 19.1. The Morgan fingerprint density at radius 3 is 2.90 bits per heavy atom. The van der Waals surface area contributed by atoms with E-state index in [1.54, 1.807) is 18.5 Å². The maximum absolute atomic E-state index is 13.7. The fraction of sp³-hybridized carbons (Fsp3) is 0.200. The summed E-state index contributed by atoms with van der Waals surface area (Å²) in [5.41, 5.74) is 9.34. The van der Waals surface area contributed by atoms with E-state index in [1.165, 1.54) is 13.2 Å². The Labute approximate surface area is 121 Å². The molecule has 1 aromatic carbocycles. The quantitative estimate of drug-likeness (QED) is 0.803. The summed E-state index contributed by atoms with van der Waals surface area (Å²) in [4.78, 5) is 8.32. The summed E-state index contributed by atoms with van der Waals surface area (Å²) in [6.45, 7) is 2.53. The Bertz CT molecular complexity index is 813. The van der Waals surface area contributed by atoms with Gasteiger partial charge < -0.3 is 15.0 Å². The molecule has 3 aromatic rings. The molecule has 0 amide bonds. The van der Waals surface area contributed by atoms with E-state index in [0.717, 1.165) is 16.6 Å². The zero-order valence-electron chi connectivity index (χ0n) is 11.8. The zero-order chi connectivity index (χ0) is 15.0. The molecule has 6 heteroatoms. The number of anilines is 1. The van der Waals surface area contributed by atoms with Crippen LogP contribution in [0.5, 0.6) is 5.75 Å². The second kappa shape index (κ2) is 5.05. The third-order valence-corrected chi connectivity index (χ3v) is 3.53. The molecule has 0 saturated heterocycles. The molecular formula is C15H15FN4O. The maximum atomic E-state index is 13.7. The summed E-state index contributed by atoms with van der Waals surface area (Å²) >= 11 is 0. The van der Waals surface area contributed by atoms with Crippen molar-refractivity contribution in [2.75, 3.05) is 12.8 Å². The molecular weight excluding hydrogens is 271 g/mol. The van der Waals surface area contributed by atoms with Gasteiger partial charge in [0.05, 0.1) is 24.7 Å². The topological polar surface area (TPSA) is 66.0 Å². The van der Waals surface area contributed by atoms with Crippen molar-refractivity contribution in [3.8, 4) is 5.75 Å². The lowest BCUT2D eigenvalue weighted by Crippen LogP contribution is -2.06. The normalized spacial score (nSPS) is 11.0. The molecule has 2 N–H and O–H groups in total. The van der Waals surface area contributed by atoms with E-state index in [0.29, 0.717) is 18.0 Å². The number of nitrogens with two attached hydrogens (primary N) is 1. The van der Waals surface area contributed by atoms with E-state index in [9.17, 15) is 4.39 Å². The summed E-state index contributed by atoms with van der Waals surface area (Å²) in [5, 5.41) is 0. The number of halogens is 1. The summed E-state index contributed by atoms with van der Waals surface area (Å²) in [5.74, 6) is 0.0553. The van der Waals surface area contributed by atoms with Gasteiger partial charge >= 0.3 is 0 Å². The largest absolute Gasteiger partial charge is 0.494 e. The molecule has 0 aliphatic heterocycles.